The molecular formula is C25H28N2O4S2. The van der Waals surface area contributed by atoms with Crippen LogP contribution in [0, 0.1) is 6.92 Å². The van der Waals surface area contributed by atoms with Crippen molar-refractivity contribution in [3.8, 4) is 5.75 Å². The van der Waals surface area contributed by atoms with Crippen LogP contribution in [0.15, 0.2) is 77.7 Å². The van der Waals surface area contributed by atoms with Crippen LogP contribution < -0.4 is 14.4 Å². The second kappa shape index (κ2) is 10.8. The molecule has 3 rings (SSSR count). The number of aryl methyl sites for hydroxylation is 1. The minimum Gasteiger partial charge on any atom is -0.497 e. The van der Waals surface area contributed by atoms with Crippen molar-refractivity contribution in [1.29, 1.82) is 0 Å². The van der Waals surface area contributed by atoms with E-state index in [1.165, 1.54) is 12.0 Å². The van der Waals surface area contributed by atoms with Crippen LogP contribution in [0.3, 0.4) is 0 Å². The van der Waals surface area contributed by atoms with Crippen LogP contribution in [-0.4, -0.2) is 33.7 Å². The molecule has 0 saturated carbocycles. The van der Waals surface area contributed by atoms with E-state index >= 15 is 0 Å². The van der Waals surface area contributed by atoms with E-state index in [9.17, 15) is 13.2 Å². The van der Waals surface area contributed by atoms with E-state index < -0.39 is 22.0 Å². The fourth-order valence-electron chi connectivity index (χ4n) is 3.41. The number of anilines is 2. The lowest BCUT2D eigenvalue weighted by Gasteiger charge is -2.28. The van der Waals surface area contributed by atoms with Crippen LogP contribution in [-0.2, 0) is 20.6 Å². The number of sulfonamides is 1. The van der Waals surface area contributed by atoms with Crippen LogP contribution in [0.4, 0.5) is 11.4 Å². The number of hydrogen-bond acceptors (Lipinski definition) is 5. The van der Waals surface area contributed by atoms with Gasteiger partial charge in [0.2, 0.25) is 15.9 Å². The molecule has 0 aliphatic carbocycles. The van der Waals surface area contributed by atoms with Gasteiger partial charge >= 0.3 is 0 Å². The fourth-order valence-corrected chi connectivity index (χ4v) is 5.45. The molecule has 0 radical (unpaired) electrons. The molecule has 3 aromatic carbocycles. The van der Waals surface area contributed by atoms with Crippen molar-refractivity contribution < 1.29 is 17.9 Å². The average Bonchev–Trinajstić information content (AvgIpc) is 2.79. The van der Waals surface area contributed by atoms with Crippen molar-refractivity contribution in [2.24, 2.45) is 0 Å². The largest absolute Gasteiger partial charge is 0.497 e. The molecule has 0 aromatic heterocycles. The first-order valence-corrected chi connectivity index (χ1v) is 13.2. The third-order valence-corrected chi connectivity index (χ3v) is 7.44. The van der Waals surface area contributed by atoms with Crippen LogP contribution in [0.5, 0.6) is 5.75 Å². The number of ether oxygens (including phenoxy) is 1. The van der Waals surface area contributed by atoms with E-state index in [2.05, 4.69) is 17.4 Å². The molecule has 33 heavy (non-hydrogen) atoms. The predicted molar refractivity (Wildman–Crippen MR) is 136 cm³/mol. The first kappa shape index (κ1) is 24.7. The van der Waals surface area contributed by atoms with Crippen LogP contribution >= 0.6 is 11.8 Å². The predicted octanol–water partition coefficient (Wildman–Crippen LogP) is 5.09. The maximum Gasteiger partial charge on any atom is 0.248 e. The number of amides is 1. The maximum atomic E-state index is 13.0. The molecule has 0 unspecified atom stereocenters. The minimum atomic E-state index is -3.70. The SMILES string of the molecule is COc1ccc(N([C@@H](C)C(=O)Nc2ccc(CSc3ccccc3)cc2C)S(C)(=O)=O)cc1. The van der Waals surface area contributed by atoms with Crippen molar-refractivity contribution in [2.45, 2.75) is 30.5 Å². The molecule has 1 N–H and O–H groups in total. The Kier molecular flexibility index (Phi) is 8.05. The average molecular weight is 485 g/mol. The Bertz CT molecular complexity index is 1200. The van der Waals surface area contributed by atoms with Gasteiger partial charge in [-0.05, 0) is 67.4 Å². The molecule has 1 amide bonds. The number of rotatable bonds is 9. The molecule has 8 heteroatoms. The van der Waals surface area contributed by atoms with E-state index in [4.69, 9.17) is 4.74 Å². The first-order chi connectivity index (χ1) is 15.7. The Hall–Kier alpha value is -2.97. The normalized spacial score (nSPS) is 12.1. The monoisotopic (exact) mass is 484 g/mol. The van der Waals surface area contributed by atoms with E-state index in [-0.39, 0.29) is 0 Å². The molecule has 0 heterocycles. The van der Waals surface area contributed by atoms with Crippen LogP contribution in [0.1, 0.15) is 18.1 Å². The lowest BCUT2D eigenvalue weighted by molar-refractivity contribution is -0.116. The molecule has 0 aliphatic rings. The number of thioether (sulfide) groups is 1. The Balaban J connectivity index is 1.72. The lowest BCUT2D eigenvalue weighted by Crippen LogP contribution is -2.45. The van der Waals surface area contributed by atoms with E-state index in [0.717, 1.165) is 27.4 Å². The number of nitrogens with one attached hydrogen (secondary N) is 1. The highest BCUT2D eigenvalue weighted by molar-refractivity contribution is 7.98. The summed E-state index contributed by atoms with van der Waals surface area (Å²) in [4.78, 5) is 14.2. The topological polar surface area (TPSA) is 75.7 Å². The van der Waals surface area contributed by atoms with Gasteiger partial charge in [-0.2, -0.15) is 0 Å². The molecule has 0 fully saturated rings. The van der Waals surface area contributed by atoms with Crippen molar-refractivity contribution in [1.82, 2.24) is 0 Å². The van der Waals surface area contributed by atoms with Crippen molar-refractivity contribution in [2.75, 3.05) is 23.0 Å². The molecule has 3 aromatic rings. The molecule has 0 saturated heterocycles. The van der Waals surface area contributed by atoms with Crippen molar-refractivity contribution >= 4 is 39.1 Å². The van der Waals surface area contributed by atoms with Gasteiger partial charge in [0.15, 0.2) is 0 Å². The number of carbonyl (C=O) groups is 1. The smallest absolute Gasteiger partial charge is 0.248 e. The Morgan fingerprint density at radius 2 is 1.73 bits per heavy atom. The standard InChI is InChI=1S/C25H28N2O4S2/c1-18-16-20(17-32-23-8-6-5-7-9-23)10-15-24(18)26-25(28)19(2)27(33(4,29)30)21-11-13-22(31-3)14-12-21/h5-16,19H,17H2,1-4H3,(H,26,28)/t19-/m0/s1. The number of methoxy groups -OCH3 is 1. The zero-order valence-electron chi connectivity index (χ0n) is 19.1. The highest BCUT2D eigenvalue weighted by atomic mass is 32.2. The van der Waals surface area contributed by atoms with Gasteiger partial charge < -0.3 is 10.1 Å². The fraction of sp³-hybridized carbons (Fsp3) is 0.240. The summed E-state index contributed by atoms with van der Waals surface area (Å²) in [7, 11) is -2.16. The molecule has 0 bridgehead atoms. The zero-order valence-corrected chi connectivity index (χ0v) is 20.7. The number of hydrogen-bond donors (Lipinski definition) is 1. The minimum absolute atomic E-state index is 0.394. The van der Waals surface area contributed by atoms with Gasteiger partial charge in [0.1, 0.15) is 11.8 Å². The van der Waals surface area contributed by atoms with E-state index in [1.807, 2.05) is 43.3 Å². The lowest BCUT2D eigenvalue weighted by atomic mass is 10.1. The maximum absolute atomic E-state index is 13.0. The van der Waals surface area contributed by atoms with Crippen LogP contribution in [0.25, 0.3) is 0 Å². The van der Waals surface area contributed by atoms with E-state index in [0.29, 0.717) is 17.1 Å². The summed E-state index contributed by atoms with van der Waals surface area (Å²) in [6.45, 7) is 3.50. The molecule has 1 atom stereocenters. The Morgan fingerprint density at radius 3 is 2.30 bits per heavy atom. The summed E-state index contributed by atoms with van der Waals surface area (Å²) in [6, 6.07) is 21.7. The van der Waals surface area contributed by atoms with Gasteiger partial charge in [0, 0.05) is 16.3 Å². The molecular weight excluding hydrogens is 456 g/mol. The molecule has 174 valence electrons. The van der Waals surface area contributed by atoms with Gasteiger partial charge in [0.05, 0.1) is 19.1 Å². The third-order valence-electron chi connectivity index (χ3n) is 5.11. The summed E-state index contributed by atoms with van der Waals surface area (Å²) in [6.07, 6.45) is 1.09. The first-order valence-electron chi connectivity index (χ1n) is 10.4. The highest BCUT2D eigenvalue weighted by Crippen LogP contribution is 2.27. The second-order valence-electron chi connectivity index (χ2n) is 7.67. The highest BCUT2D eigenvalue weighted by Gasteiger charge is 2.29. The van der Waals surface area contributed by atoms with Gasteiger partial charge in [-0.15, -0.1) is 11.8 Å². The summed E-state index contributed by atoms with van der Waals surface area (Å²) < 4.78 is 31.2. The summed E-state index contributed by atoms with van der Waals surface area (Å²) in [5.41, 5.74) is 3.11. The zero-order chi connectivity index (χ0) is 24.0. The van der Waals surface area contributed by atoms with Crippen molar-refractivity contribution in [3.63, 3.8) is 0 Å². The third kappa shape index (κ3) is 6.52. The summed E-state index contributed by atoms with van der Waals surface area (Å²) in [5.74, 6) is 1.01. The molecule has 0 spiro atoms. The van der Waals surface area contributed by atoms with Gasteiger partial charge in [-0.1, -0.05) is 30.3 Å². The molecule has 0 aliphatic heterocycles. The second-order valence-corrected chi connectivity index (χ2v) is 10.6. The number of carbonyl (C=O) groups excluding carboxylic acids is 1. The van der Waals surface area contributed by atoms with Gasteiger partial charge in [-0.25, -0.2) is 8.42 Å². The molecule has 6 nitrogen and oxygen atoms in total. The number of benzene rings is 3. The summed E-state index contributed by atoms with van der Waals surface area (Å²) >= 11 is 1.74. The Morgan fingerprint density at radius 1 is 1.06 bits per heavy atom. The quantitative estimate of drug-likeness (QED) is 0.428. The number of nitrogens with zero attached hydrogens (tertiary/aromatic N) is 1. The summed E-state index contributed by atoms with van der Waals surface area (Å²) in [5, 5.41) is 2.88. The van der Waals surface area contributed by atoms with E-state index in [1.54, 1.807) is 43.0 Å². The van der Waals surface area contributed by atoms with Gasteiger partial charge in [0.25, 0.3) is 0 Å². The Labute approximate surface area is 200 Å². The van der Waals surface area contributed by atoms with Gasteiger partial charge in [-0.3, -0.25) is 9.10 Å². The van der Waals surface area contributed by atoms with Crippen LogP contribution in [0.2, 0.25) is 0 Å². The van der Waals surface area contributed by atoms with Crippen molar-refractivity contribution in [3.05, 3.63) is 83.9 Å².